The predicted molar refractivity (Wildman–Crippen MR) is 96.9 cm³/mol. The van der Waals surface area contributed by atoms with Gasteiger partial charge in [-0.1, -0.05) is 42.5 Å². The average Bonchev–Trinajstić information content (AvgIpc) is 2.90. The van der Waals surface area contributed by atoms with Crippen molar-refractivity contribution in [2.45, 2.75) is 26.4 Å². The van der Waals surface area contributed by atoms with E-state index in [1.54, 1.807) is 10.6 Å². The summed E-state index contributed by atoms with van der Waals surface area (Å²) in [7, 11) is 0. The molecule has 0 fully saturated rings. The SMILES string of the molecule is CCn1c(O)c(N=NC(=O)C(N)c2ccccc2C)c2ccccc21. The molecule has 0 radical (unpaired) electrons. The quantitative estimate of drug-likeness (QED) is 0.706. The van der Waals surface area contributed by atoms with E-state index in [-0.39, 0.29) is 11.6 Å². The van der Waals surface area contributed by atoms with Gasteiger partial charge in [0.05, 0.1) is 5.52 Å². The number of para-hydroxylation sites is 1. The van der Waals surface area contributed by atoms with E-state index in [0.29, 0.717) is 12.1 Å². The minimum Gasteiger partial charge on any atom is -0.493 e. The lowest BCUT2D eigenvalue weighted by atomic mass is 10.0. The highest BCUT2D eigenvalue weighted by atomic mass is 16.3. The molecule has 128 valence electrons. The number of aromatic hydroxyl groups is 1. The summed E-state index contributed by atoms with van der Waals surface area (Å²) >= 11 is 0. The largest absolute Gasteiger partial charge is 0.493 e. The van der Waals surface area contributed by atoms with Gasteiger partial charge in [-0.25, -0.2) is 0 Å². The van der Waals surface area contributed by atoms with Crippen molar-refractivity contribution in [3.05, 3.63) is 59.7 Å². The molecule has 25 heavy (non-hydrogen) atoms. The van der Waals surface area contributed by atoms with E-state index in [9.17, 15) is 9.90 Å². The Balaban J connectivity index is 1.95. The van der Waals surface area contributed by atoms with Crippen LogP contribution in [0.5, 0.6) is 5.88 Å². The lowest BCUT2D eigenvalue weighted by Crippen LogP contribution is -2.20. The number of nitrogens with zero attached hydrogens (tertiary/aromatic N) is 3. The van der Waals surface area contributed by atoms with Gasteiger partial charge >= 0.3 is 0 Å². The summed E-state index contributed by atoms with van der Waals surface area (Å²) in [5, 5.41) is 18.9. The number of amides is 1. The van der Waals surface area contributed by atoms with Gasteiger partial charge in [0, 0.05) is 11.9 Å². The lowest BCUT2D eigenvalue weighted by Gasteiger charge is -2.09. The summed E-state index contributed by atoms with van der Waals surface area (Å²) in [6, 6.07) is 14.0. The summed E-state index contributed by atoms with van der Waals surface area (Å²) in [5.74, 6) is -0.563. The Kier molecular flexibility index (Phi) is 4.63. The zero-order chi connectivity index (χ0) is 18.0. The van der Waals surface area contributed by atoms with Crippen molar-refractivity contribution in [3.8, 4) is 5.88 Å². The number of azo groups is 1. The van der Waals surface area contributed by atoms with Crippen molar-refractivity contribution in [1.29, 1.82) is 0 Å². The van der Waals surface area contributed by atoms with Gasteiger partial charge in [-0.3, -0.25) is 4.79 Å². The molecule has 1 unspecified atom stereocenters. The number of fused-ring (bicyclic) bond motifs is 1. The van der Waals surface area contributed by atoms with Gasteiger partial charge < -0.3 is 15.4 Å². The first kappa shape index (κ1) is 16.9. The summed E-state index contributed by atoms with van der Waals surface area (Å²) < 4.78 is 1.72. The maximum absolute atomic E-state index is 12.3. The molecule has 1 heterocycles. The van der Waals surface area contributed by atoms with Gasteiger partial charge in [-0.05, 0) is 31.0 Å². The van der Waals surface area contributed by atoms with E-state index in [1.807, 2.05) is 56.3 Å². The van der Waals surface area contributed by atoms with Crippen molar-refractivity contribution in [3.63, 3.8) is 0 Å². The van der Waals surface area contributed by atoms with E-state index in [4.69, 9.17) is 5.73 Å². The molecule has 3 aromatic rings. The summed E-state index contributed by atoms with van der Waals surface area (Å²) in [4.78, 5) is 12.3. The third kappa shape index (κ3) is 3.04. The van der Waals surface area contributed by atoms with E-state index < -0.39 is 11.9 Å². The molecule has 1 aromatic heterocycles. The fourth-order valence-corrected chi connectivity index (χ4v) is 2.92. The number of benzene rings is 2. The van der Waals surface area contributed by atoms with Crippen LogP contribution in [0.4, 0.5) is 5.69 Å². The van der Waals surface area contributed by atoms with E-state index in [2.05, 4.69) is 10.2 Å². The normalized spacial score (nSPS) is 12.8. The molecule has 0 bridgehead atoms. The third-order valence-electron chi connectivity index (χ3n) is 4.27. The van der Waals surface area contributed by atoms with Crippen LogP contribution in [-0.2, 0) is 11.3 Å². The summed E-state index contributed by atoms with van der Waals surface area (Å²) in [5.41, 5.74) is 8.77. The van der Waals surface area contributed by atoms with Crippen LogP contribution in [0.25, 0.3) is 10.9 Å². The molecular weight excluding hydrogens is 316 g/mol. The van der Waals surface area contributed by atoms with Crippen LogP contribution < -0.4 is 5.73 Å². The van der Waals surface area contributed by atoms with Gasteiger partial charge in [0.2, 0.25) is 5.88 Å². The second-order valence-electron chi connectivity index (χ2n) is 5.81. The number of hydrogen-bond acceptors (Lipinski definition) is 4. The highest BCUT2D eigenvalue weighted by molar-refractivity contribution is 5.95. The van der Waals surface area contributed by atoms with Crippen LogP contribution >= 0.6 is 0 Å². The molecule has 0 spiro atoms. The molecule has 3 N–H and O–H groups in total. The maximum atomic E-state index is 12.3. The van der Waals surface area contributed by atoms with E-state index >= 15 is 0 Å². The monoisotopic (exact) mass is 336 g/mol. The number of hydrogen-bond donors (Lipinski definition) is 2. The molecule has 0 aliphatic carbocycles. The Bertz CT molecular complexity index is 959. The van der Waals surface area contributed by atoms with E-state index in [0.717, 1.165) is 16.5 Å². The average molecular weight is 336 g/mol. The standard InChI is InChI=1S/C19H20N4O2/c1-3-23-15-11-7-6-10-14(15)17(19(23)25)21-22-18(24)16(20)13-9-5-4-8-12(13)2/h4-11,16,25H,3,20H2,1-2H3. The second kappa shape index (κ2) is 6.86. The molecular formula is C19H20N4O2. The molecule has 1 atom stereocenters. The molecule has 0 aliphatic rings. The van der Waals surface area contributed by atoms with Crippen molar-refractivity contribution < 1.29 is 9.90 Å². The lowest BCUT2D eigenvalue weighted by molar-refractivity contribution is -0.119. The van der Waals surface area contributed by atoms with Crippen LogP contribution in [0.1, 0.15) is 24.1 Å². The van der Waals surface area contributed by atoms with Gasteiger partial charge in [-0.15, -0.1) is 10.2 Å². The number of aromatic nitrogens is 1. The Hall–Kier alpha value is -2.99. The first-order chi connectivity index (χ1) is 12.0. The minimum atomic E-state index is -0.883. The molecule has 0 aliphatic heterocycles. The number of aryl methyl sites for hydroxylation is 2. The van der Waals surface area contributed by atoms with Crippen LogP contribution in [0, 0.1) is 6.92 Å². The van der Waals surface area contributed by atoms with Crippen LogP contribution in [0.3, 0.4) is 0 Å². The van der Waals surface area contributed by atoms with Gasteiger partial charge in [-0.2, -0.15) is 0 Å². The van der Waals surface area contributed by atoms with Crippen molar-refractivity contribution in [2.24, 2.45) is 16.0 Å². The maximum Gasteiger partial charge on any atom is 0.285 e. The van der Waals surface area contributed by atoms with Crippen LogP contribution in [-0.4, -0.2) is 15.6 Å². The number of carbonyl (C=O) groups excluding carboxylic acids is 1. The highest BCUT2D eigenvalue weighted by Gasteiger charge is 2.19. The Morgan fingerprint density at radius 2 is 1.88 bits per heavy atom. The van der Waals surface area contributed by atoms with Crippen molar-refractivity contribution in [2.75, 3.05) is 0 Å². The number of carbonyl (C=O) groups is 1. The van der Waals surface area contributed by atoms with Gasteiger partial charge in [0.15, 0.2) is 5.69 Å². The summed E-state index contributed by atoms with van der Waals surface area (Å²) in [6.45, 7) is 4.39. The second-order valence-corrected chi connectivity index (χ2v) is 5.81. The molecule has 3 rings (SSSR count). The molecule has 1 amide bonds. The Labute approximate surface area is 145 Å². The van der Waals surface area contributed by atoms with Gasteiger partial charge in [0.1, 0.15) is 6.04 Å². The highest BCUT2D eigenvalue weighted by Crippen LogP contribution is 2.38. The fraction of sp³-hybridized carbons (Fsp3) is 0.211. The fourth-order valence-electron chi connectivity index (χ4n) is 2.92. The van der Waals surface area contributed by atoms with Crippen LogP contribution in [0.2, 0.25) is 0 Å². The topological polar surface area (TPSA) is 93.0 Å². The van der Waals surface area contributed by atoms with Crippen LogP contribution in [0.15, 0.2) is 58.8 Å². The molecule has 0 saturated carbocycles. The summed E-state index contributed by atoms with van der Waals surface area (Å²) in [6.07, 6.45) is 0. The number of rotatable bonds is 4. The molecule has 6 heteroatoms. The minimum absolute atomic E-state index is 0.00952. The zero-order valence-corrected chi connectivity index (χ0v) is 14.2. The smallest absolute Gasteiger partial charge is 0.285 e. The zero-order valence-electron chi connectivity index (χ0n) is 14.2. The molecule has 2 aromatic carbocycles. The Morgan fingerprint density at radius 3 is 2.60 bits per heavy atom. The first-order valence-electron chi connectivity index (χ1n) is 8.11. The Morgan fingerprint density at radius 1 is 1.20 bits per heavy atom. The number of nitrogens with two attached hydrogens (primary N) is 1. The third-order valence-corrected chi connectivity index (χ3v) is 4.27. The molecule has 0 saturated heterocycles. The molecule has 6 nitrogen and oxygen atoms in total. The van der Waals surface area contributed by atoms with Gasteiger partial charge in [0.25, 0.3) is 5.91 Å². The van der Waals surface area contributed by atoms with Crippen molar-refractivity contribution in [1.82, 2.24) is 4.57 Å². The predicted octanol–water partition coefficient (Wildman–Crippen LogP) is 3.99. The van der Waals surface area contributed by atoms with Crippen molar-refractivity contribution >= 4 is 22.5 Å². The van der Waals surface area contributed by atoms with E-state index in [1.165, 1.54) is 0 Å². The first-order valence-corrected chi connectivity index (χ1v) is 8.11.